The smallest absolute Gasteiger partial charge is 0.170 e. The van der Waals surface area contributed by atoms with E-state index in [2.05, 4.69) is 40.6 Å². The molecule has 1 aliphatic rings. The highest BCUT2D eigenvalue weighted by molar-refractivity contribution is 5.72. The third-order valence-electron chi connectivity index (χ3n) is 4.67. The van der Waals surface area contributed by atoms with E-state index >= 15 is 0 Å². The lowest BCUT2D eigenvalue weighted by atomic mass is 9.97. The minimum atomic E-state index is -0.245. The number of hydrogen-bond donors (Lipinski definition) is 0. The van der Waals surface area contributed by atoms with E-state index in [0.29, 0.717) is 6.54 Å². The molecule has 5 rings (SSSR count). The first-order valence-corrected chi connectivity index (χ1v) is 8.68. The number of aromatic nitrogens is 3. The minimum Gasteiger partial charge on any atom is -0.478 e. The lowest BCUT2D eigenvalue weighted by molar-refractivity contribution is 0.238. The van der Waals surface area contributed by atoms with Gasteiger partial charge in [0.25, 0.3) is 0 Å². The van der Waals surface area contributed by atoms with Gasteiger partial charge in [0, 0.05) is 5.56 Å². The standard InChI is InChI=1S/C22H17N3O/c1-3-9-16(10-4-1)15-25-21-18-13-7-8-14-19(18)26-22(20(21)23-24-25)17-11-5-2-6-12-17/h1-14,22H,15H2. The van der Waals surface area contributed by atoms with Crippen molar-refractivity contribution in [3.63, 3.8) is 0 Å². The molecule has 1 atom stereocenters. The maximum Gasteiger partial charge on any atom is 0.170 e. The summed E-state index contributed by atoms with van der Waals surface area (Å²) < 4.78 is 8.27. The lowest BCUT2D eigenvalue weighted by Crippen LogP contribution is -2.17. The molecule has 0 spiro atoms. The fourth-order valence-corrected chi connectivity index (χ4v) is 3.45. The molecule has 0 radical (unpaired) electrons. The second kappa shape index (κ2) is 6.15. The fourth-order valence-electron chi connectivity index (χ4n) is 3.45. The maximum atomic E-state index is 6.29. The summed E-state index contributed by atoms with van der Waals surface area (Å²) in [6.45, 7) is 0.680. The van der Waals surface area contributed by atoms with Crippen molar-refractivity contribution in [3.05, 3.63) is 102 Å². The Kier molecular flexibility index (Phi) is 3.53. The van der Waals surface area contributed by atoms with Crippen molar-refractivity contribution in [2.75, 3.05) is 0 Å². The normalized spacial score (nSPS) is 15.0. The Morgan fingerprint density at radius 1 is 0.808 bits per heavy atom. The number of rotatable bonds is 3. The number of benzene rings is 3. The number of para-hydroxylation sites is 1. The van der Waals surface area contributed by atoms with Gasteiger partial charge in [0.15, 0.2) is 6.10 Å². The highest BCUT2D eigenvalue weighted by Gasteiger charge is 2.32. The zero-order valence-electron chi connectivity index (χ0n) is 14.1. The molecule has 0 aliphatic carbocycles. The van der Waals surface area contributed by atoms with Gasteiger partial charge in [0.1, 0.15) is 17.1 Å². The van der Waals surface area contributed by atoms with Crippen LogP contribution in [-0.4, -0.2) is 15.0 Å². The van der Waals surface area contributed by atoms with Crippen LogP contribution >= 0.6 is 0 Å². The van der Waals surface area contributed by atoms with E-state index in [4.69, 9.17) is 4.74 Å². The average Bonchev–Trinajstić information content (AvgIpc) is 3.13. The summed E-state index contributed by atoms with van der Waals surface area (Å²) in [4.78, 5) is 0. The van der Waals surface area contributed by atoms with Crippen molar-refractivity contribution in [2.45, 2.75) is 12.6 Å². The topological polar surface area (TPSA) is 39.9 Å². The van der Waals surface area contributed by atoms with E-state index < -0.39 is 0 Å². The van der Waals surface area contributed by atoms with E-state index in [-0.39, 0.29) is 6.10 Å². The monoisotopic (exact) mass is 339 g/mol. The number of nitrogens with zero attached hydrogens (tertiary/aromatic N) is 3. The van der Waals surface area contributed by atoms with Crippen molar-refractivity contribution >= 4 is 0 Å². The van der Waals surface area contributed by atoms with Gasteiger partial charge in [0.2, 0.25) is 0 Å². The third kappa shape index (κ3) is 2.47. The highest BCUT2D eigenvalue weighted by atomic mass is 16.5. The molecule has 1 unspecified atom stereocenters. The van der Waals surface area contributed by atoms with Crippen molar-refractivity contribution in [1.29, 1.82) is 0 Å². The molecule has 1 aromatic heterocycles. The molecule has 126 valence electrons. The van der Waals surface area contributed by atoms with Gasteiger partial charge in [-0.15, -0.1) is 5.10 Å². The molecule has 4 heteroatoms. The van der Waals surface area contributed by atoms with Gasteiger partial charge in [-0.25, -0.2) is 4.68 Å². The average molecular weight is 339 g/mol. The first kappa shape index (κ1) is 14.9. The highest BCUT2D eigenvalue weighted by Crippen LogP contribution is 2.43. The van der Waals surface area contributed by atoms with E-state index in [1.54, 1.807) is 0 Å². The number of hydrogen-bond acceptors (Lipinski definition) is 3. The Morgan fingerprint density at radius 2 is 1.50 bits per heavy atom. The first-order valence-electron chi connectivity index (χ1n) is 8.68. The molecular formula is C22H17N3O. The van der Waals surface area contributed by atoms with Crippen LogP contribution in [-0.2, 0) is 6.54 Å². The van der Waals surface area contributed by atoms with Crippen LogP contribution in [0.1, 0.15) is 22.9 Å². The van der Waals surface area contributed by atoms with Gasteiger partial charge < -0.3 is 4.74 Å². The van der Waals surface area contributed by atoms with Crippen LogP contribution in [0.25, 0.3) is 11.3 Å². The molecule has 0 bridgehead atoms. The molecule has 26 heavy (non-hydrogen) atoms. The Balaban J connectivity index is 1.65. The van der Waals surface area contributed by atoms with Gasteiger partial charge in [0.05, 0.1) is 6.54 Å². The van der Waals surface area contributed by atoms with Crippen LogP contribution < -0.4 is 4.74 Å². The molecule has 0 fully saturated rings. The predicted molar refractivity (Wildman–Crippen MR) is 99.9 cm³/mol. The van der Waals surface area contributed by atoms with Crippen molar-refractivity contribution < 1.29 is 4.74 Å². The van der Waals surface area contributed by atoms with Crippen LogP contribution in [0.15, 0.2) is 84.9 Å². The molecule has 0 amide bonds. The Bertz CT molecular complexity index is 1040. The van der Waals surface area contributed by atoms with Gasteiger partial charge in [-0.1, -0.05) is 78.0 Å². The van der Waals surface area contributed by atoms with Crippen LogP contribution in [0.3, 0.4) is 0 Å². The van der Waals surface area contributed by atoms with Gasteiger partial charge in [-0.3, -0.25) is 0 Å². The summed E-state index contributed by atoms with van der Waals surface area (Å²) in [7, 11) is 0. The summed E-state index contributed by atoms with van der Waals surface area (Å²) in [5, 5.41) is 8.95. The van der Waals surface area contributed by atoms with E-state index in [1.807, 2.05) is 59.3 Å². The summed E-state index contributed by atoms with van der Waals surface area (Å²) in [5.74, 6) is 0.866. The van der Waals surface area contributed by atoms with Gasteiger partial charge in [-0.2, -0.15) is 0 Å². The number of fused-ring (bicyclic) bond motifs is 3. The molecule has 0 saturated heterocycles. The van der Waals surface area contributed by atoms with E-state index in [1.165, 1.54) is 5.56 Å². The minimum absolute atomic E-state index is 0.245. The van der Waals surface area contributed by atoms with E-state index in [0.717, 1.165) is 28.3 Å². The molecule has 3 aromatic carbocycles. The Morgan fingerprint density at radius 3 is 2.31 bits per heavy atom. The first-order chi connectivity index (χ1) is 12.9. The molecule has 4 nitrogen and oxygen atoms in total. The molecule has 1 aliphatic heterocycles. The van der Waals surface area contributed by atoms with Crippen molar-refractivity contribution in [2.24, 2.45) is 0 Å². The predicted octanol–water partition coefficient (Wildman–Crippen LogP) is 4.48. The van der Waals surface area contributed by atoms with Gasteiger partial charge in [-0.05, 0) is 23.3 Å². The maximum absolute atomic E-state index is 6.29. The zero-order chi connectivity index (χ0) is 17.3. The number of ether oxygens (including phenoxy) is 1. The van der Waals surface area contributed by atoms with Crippen molar-refractivity contribution in [1.82, 2.24) is 15.0 Å². The Labute approximate surface area is 151 Å². The van der Waals surface area contributed by atoms with Crippen LogP contribution in [0, 0.1) is 0 Å². The summed E-state index contributed by atoms with van der Waals surface area (Å²) in [5.41, 5.74) is 5.21. The SMILES string of the molecule is c1ccc(Cn2nnc3c2-c2ccccc2OC3c2ccccc2)cc1. The van der Waals surface area contributed by atoms with Crippen molar-refractivity contribution in [3.8, 4) is 17.0 Å². The Hall–Kier alpha value is -3.40. The second-order valence-electron chi connectivity index (χ2n) is 6.37. The lowest BCUT2D eigenvalue weighted by Gasteiger charge is -2.26. The fraction of sp³-hybridized carbons (Fsp3) is 0.0909. The van der Waals surface area contributed by atoms with Crippen LogP contribution in [0.5, 0.6) is 5.75 Å². The molecule has 0 saturated carbocycles. The van der Waals surface area contributed by atoms with E-state index in [9.17, 15) is 0 Å². The third-order valence-corrected chi connectivity index (χ3v) is 4.67. The molecule has 0 N–H and O–H groups in total. The zero-order valence-corrected chi connectivity index (χ0v) is 14.1. The van der Waals surface area contributed by atoms with Crippen LogP contribution in [0.4, 0.5) is 0 Å². The molecule has 4 aromatic rings. The summed E-state index contributed by atoms with van der Waals surface area (Å²) >= 11 is 0. The summed E-state index contributed by atoms with van der Waals surface area (Å²) in [6, 6.07) is 28.6. The largest absolute Gasteiger partial charge is 0.478 e. The van der Waals surface area contributed by atoms with Gasteiger partial charge >= 0.3 is 0 Å². The second-order valence-corrected chi connectivity index (χ2v) is 6.37. The summed E-state index contributed by atoms with van der Waals surface area (Å²) in [6.07, 6.45) is -0.245. The molecule has 2 heterocycles. The molecular weight excluding hydrogens is 322 g/mol. The van der Waals surface area contributed by atoms with Crippen LogP contribution in [0.2, 0.25) is 0 Å². The quantitative estimate of drug-likeness (QED) is 0.553.